The minimum atomic E-state index is 0.496. The fourth-order valence-corrected chi connectivity index (χ4v) is 2.67. The summed E-state index contributed by atoms with van der Waals surface area (Å²) < 4.78 is 1.64. The van der Waals surface area contributed by atoms with Gasteiger partial charge in [-0.15, -0.1) is 10.2 Å². The van der Waals surface area contributed by atoms with Crippen molar-refractivity contribution in [3.8, 4) is 0 Å². The molecule has 0 unspecified atom stereocenters. The van der Waals surface area contributed by atoms with Crippen molar-refractivity contribution in [1.29, 1.82) is 0 Å². The van der Waals surface area contributed by atoms with Crippen LogP contribution < -0.4 is 11.5 Å². The highest BCUT2D eigenvalue weighted by Crippen LogP contribution is 2.31. The topological polar surface area (TPSA) is 105 Å². The third-order valence-electron chi connectivity index (χ3n) is 2.59. The van der Waals surface area contributed by atoms with Gasteiger partial charge in [-0.2, -0.15) is 0 Å². The van der Waals surface area contributed by atoms with E-state index in [1.165, 1.54) is 0 Å². The lowest BCUT2D eigenvalue weighted by Gasteiger charge is -1.99. The van der Waals surface area contributed by atoms with Gasteiger partial charge in [-0.25, -0.2) is 0 Å². The molecule has 0 aliphatic rings. The zero-order valence-electron chi connectivity index (χ0n) is 11.9. The number of rotatable bonds is 2. The number of halogens is 2. The van der Waals surface area contributed by atoms with Crippen molar-refractivity contribution in [3.05, 3.63) is 63.9 Å². The Labute approximate surface area is 150 Å². The van der Waals surface area contributed by atoms with Crippen LogP contribution in [0.1, 0.15) is 0 Å². The molecule has 2 aromatic heterocycles. The second-order valence-electron chi connectivity index (χ2n) is 4.36. The summed E-state index contributed by atoms with van der Waals surface area (Å²) in [5.74, 6) is 0.619. The average Bonchev–Trinajstić information content (AvgIpc) is 2.86. The van der Waals surface area contributed by atoms with E-state index >= 15 is 0 Å². The standard InChI is InChI=1S/C10H9Br2N5.C5H5N/c11-6-4-9(12)15-10(6)17-16-8-2-1-5(13)3-7(8)14;1-2-4-6-5-3-1/h1-4,15H,13-14H2;1-5H. The lowest BCUT2D eigenvalue weighted by Crippen LogP contribution is -1.89. The number of hydrogen-bond acceptors (Lipinski definition) is 5. The molecule has 23 heavy (non-hydrogen) atoms. The fourth-order valence-electron chi connectivity index (χ4n) is 1.54. The summed E-state index contributed by atoms with van der Waals surface area (Å²) in [6.45, 7) is 0. The Hall–Kier alpha value is -2.19. The number of aromatic nitrogens is 2. The van der Waals surface area contributed by atoms with Crippen molar-refractivity contribution in [2.45, 2.75) is 0 Å². The molecule has 6 nitrogen and oxygen atoms in total. The second-order valence-corrected chi connectivity index (χ2v) is 6.07. The number of nitrogen functional groups attached to an aromatic ring is 2. The first-order chi connectivity index (χ1) is 11.1. The van der Waals surface area contributed by atoms with Gasteiger partial charge in [0.05, 0.1) is 14.8 Å². The zero-order chi connectivity index (χ0) is 16.7. The molecule has 0 bridgehead atoms. The van der Waals surface area contributed by atoms with Gasteiger partial charge in [0.2, 0.25) is 0 Å². The Bertz CT molecular complexity index is 759. The monoisotopic (exact) mass is 436 g/mol. The maximum Gasteiger partial charge on any atom is 0.167 e. The van der Waals surface area contributed by atoms with Crippen LogP contribution in [-0.2, 0) is 0 Å². The van der Waals surface area contributed by atoms with Gasteiger partial charge < -0.3 is 16.5 Å². The maximum atomic E-state index is 5.76. The summed E-state index contributed by atoms with van der Waals surface area (Å²) in [5.41, 5.74) is 13.0. The number of nitrogens with one attached hydrogen (secondary N) is 1. The van der Waals surface area contributed by atoms with E-state index < -0.39 is 0 Å². The smallest absolute Gasteiger partial charge is 0.167 e. The number of aromatic amines is 1. The third-order valence-corrected chi connectivity index (χ3v) is 3.62. The quantitative estimate of drug-likeness (QED) is 0.378. The molecule has 5 N–H and O–H groups in total. The Morgan fingerprint density at radius 2 is 1.70 bits per heavy atom. The van der Waals surface area contributed by atoms with E-state index in [0.717, 1.165) is 9.08 Å². The molecule has 0 amide bonds. The number of pyridine rings is 1. The largest absolute Gasteiger partial charge is 0.399 e. The molecule has 8 heteroatoms. The lowest BCUT2D eigenvalue weighted by atomic mass is 10.2. The Morgan fingerprint density at radius 1 is 0.957 bits per heavy atom. The number of nitrogens with zero attached hydrogens (tertiary/aromatic N) is 3. The Morgan fingerprint density at radius 3 is 2.17 bits per heavy atom. The van der Waals surface area contributed by atoms with E-state index in [2.05, 4.69) is 52.1 Å². The van der Waals surface area contributed by atoms with Crippen molar-refractivity contribution in [3.63, 3.8) is 0 Å². The van der Waals surface area contributed by atoms with Gasteiger partial charge in [-0.3, -0.25) is 4.98 Å². The summed E-state index contributed by atoms with van der Waals surface area (Å²) in [7, 11) is 0. The number of H-pyrrole nitrogens is 1. The van der Waals surface area contributed by atoms with Gasteiger partial charge in [0, 0.05) is 18.1 Å². The normalized spacial score (nSPS) is 10.3. The van der Waals surface area contributed by atoms with Crippen LogP contribution in [0.3, 0.4) is 0 Å². The summed E-state index contributed by atoms with van der Waals surface area (Å²) in [6.07, 6.45) is 3.50. The molecular formula is C15H14Br2N6. The fraction of sp³-hybridized carbons (Fsp3) is 0. The molecular weight excluding hydrogens is 424 g/mol. The SMILES string of the molecule is Nc1ccc(N=Nc2[nH]c(Br)cc2Br)c(N)c1.c1ccncc1. The number of nitrogens with two attached hydrogens (primary N) is 2. The zero-order valence-corrected chi connectivity index (χ0v) is 15.1. The van der Waals surface area contributed by atoms with E-state index in [-0.39, 0.29) is 0 Å². The van der Waals surface area contributed by atoms with E-state index in [4.69, 9.17) is 11.5 Å². The van der Waals surface area contributed by atoms with Gasteiger partial charge >= 0.3 is 0 Å². The molecule has 118 valence electrons. The van der Waals surface area contributed by atoms with Gasteiger partial charge in [-0.05, 0) is 68.3 Å². The number of anilines is 2. The molecule has 0 saturated carbocycles. The van der Waals surface area contributed by atoms with E-state index in [1.54, 1.807) is 30.6 Å². The van der Waals surface area contributed by atoms with Crippen LogP contribution >= 0.6 is 31.9 Å². The van der Waals surface area contributed by atoms with Crippen molar-refractivity contribution in [2.24, 2.45) is 10.2 Å². The molecule has 2 heterocycles. The molecule has 0 aliphatic carbocycles. The van der Waals surface area contributed by atoms with E-state index in [9.17, 15) is 0 Å². The molecule has 3 aromatic rings. The molecule has 0 saturated heterocycles. The minimum Gasteiger partial charge on any atom is -0.399 e. The first-order valence-corrected chi connectivity index (χ1v) is 8.10. The van der Waals surface area contributed by atoms with Crippen molar-refractivity contribution >= 4 is 54.7 Å². The van der Waals surface area contributed by atoms with Gasteiger partial charge in [-0.1, -0.05) is 6.07 Å². The highest BCUT2D eigenvalue weighted by Gasteiger charge is 2.03. The molecule has 0 aliphatic heterocycles. The van der Waals surface area contributed by atoms with Crippen LogP contribution in [-0.4, -0.2) is 9.97 Å². The van der Waals surface area contributed by atoms with Crippen LogP contribution in [0, 0.1) is 0 Å². The van der Waals surface area contributed by atoms with Crippen LogP contribution in [0.15, 0.2) is 74.2 Å². The summed E-state index contributed by atoms with van der Waals surface area (Å²) >= 11 is 6.66. The van der Waals surface area contributed by atoms with Gasteiger partial charge in [0.25, 0.3) is 0 Å². The van der Waals surface area contributed by atoms with Crippen LogP contribution in [0.4, 0.5) is 22.9 Å². The summed E-state index contributed by atoms with van der Waals surface area (Å²) in [6, 6.07) is 12.7. The number of benzene rings is 1. The predicted molar refractivity (Wildman–Crippen MR) is 99.9 cm³/mol. The molecule has 0 fully saturated rings. The van der Waals surface area contributed by atoms with E-state index in [1.807, 2.05) is 24.3 Å². The van der Waals surface area contributed by atoms with Crippen LogP contribution in [0.25, 0.3) is 0 Å². The molecule has 0 spiro atoms. The highest BCUT2D eigenvalue weighted by molar-refractivity contribution is 9.11. The van der Waals surface area contributed by atoms with E-state index in [0.29, 0.717) is 22.9 Å². The summed E-state index contributed by atoms with van der Waals surface area (Å²) in [5, 5.41) is 8.11. The molecule has 1 aromatic carbocycles. The van der Waals surface area contributed by atoms with Crippen LogP contribution in [0.2, 0.25) is 0 Å². The second kappa shape index (κ2) is 8.44. The summed E-state index contributed by atoms with van der Waals surface area (Å²) in [4.78, 5) is 6.77. The van der Waals surface area contributed by atoms with Gasteiger partial charge in [0.15, 0.2) is 5.82 Å². The third kappa shape index (κ3) is 5.50. The van der Waals surface area contributed by atoms with Crippen molar-refractivity contribution < 1.29 is 0 Å². The van der Waals surface area contributed by atoms with Crippen molar-refractivity contribution in [1.82, 2.24) is 9.97 Å². The first-order valence-electron chi connectivity index (χ1n) is 6.52. The Balaban J connectivity index is 0.000000268. The van der Waals surface area contributed by atoms with Gasteiger partial charge in [0.1, 0.15) is 5.69 Å². The molecule has 0 radical (unpaired) electrons. The average molecular weight is 438 g/mol. The van der Waals surface area contributed by atoms with Crippen LogP contribution in [0.5, 0.6) is 0 Å². The molecule has 3 rings (SSSR count). The first kappa shape index (κ1) is 17.2. The Kier molecular flexibility index (Phi) is 6.30. The van der Waals surface area contributed by atoms with Crippen molar-refractivity contribution in [2.75, 3.05) is 11.5 Å². The lowest BCUT2D eigenvalue weighted by molar-refractivity contribution is 1.17. The molecule has 0 atom stereocenters. The highest BCUT2D eigenvalue weighted by atomic mass is 79.9. The predicted octanol–water partition coefficient (Wildman–Crippen LogP) is 5.20. The maximum absolute atomic E-state index is 5.76. The number of azo groups is 1. The minimum absolute atomic E-state index is 0.496. The number of hydrogen-bond donors (Lipinski definition) is 3.